The molecule has 1 atom stereocenters. The Morgan fingerprint density at radius 3 is 2.71 bits per heavy atom. The van der Waals surface area contributed by atoms with Crippen molar-refractivity contribution in [3.8, 4) is 5.75 Å². The average Bonchev–Trinajstić information content (AvgIpc) is 2.41. The minimum Gasteiger partial charge on any atom is -0.496 e. The monoisotopic (exact) mass is 229 g/mol. The zero-order valence-electron chi connectivity index (χ0n) is 9.71. The van der Waals surface area contributed by atoms with Gasteiger partial charge in [0.2, 0.25) is 0 Å². The molecule has 2 rings (SSSR count). The largest absolute Gasteiger partial charge is 0.496 e. The fraction of sp³-hybridized carbons (Fsp3) is 0.231. The summed E-state index contributed by atoms with van der Waals surface area (Å²) in [5.41, 5.74) is 7.74. The summed E-state index contributed by atoms with van der Waals surface area (Å²) < 4.78 is 5.35. The van der Waals surface area contributed by atoms with E-state index in [-0.39, 0.29) is 5.92 Å². The van der Waals surface area contributed by atoms with Gasteiger partial charge in [0.1, 0.15) is 5.75 Å². The Labute approximate surface area is 100 Å². The van der Waals surface area contributed by atoms with Crippen LogP contribution >= 0.6 is 0 Å². The highest BCUT2D eigenvalue weighted by atomic mass is 16.5. The highest BCUT2D eigenvalue weighted by Gasteiger charge is 2.17. The number of rotatable bonds is 4. The molecule has 4 nitrogen and oxygen atoms in total. The van der Waals surface area contributed by atoms with Crippen LogP contribution in [0.1, 0.15) is 17.2 Å². The maximum Gasteiger partial charge on any atom is 0.122 e. The number of ether oxygens (including phenoxy) is 1. The second kappa shape index (κ2) is 5.41. The van der Waals surface area contributed by atoms with Crippen molar-refractivity contribution >= 4 is 0 Å². The smallest absolute Gasteiger partial charge is 0.122 e. The molecular formula is C13H15N3O. The third kappa shape index (κ3) is 2.42. The molecule has 1 aromatic carbocycles. The topological polar surface area (TPSA) is 61.0 Å². The van der Waals surface area contributed by atoms with E-state index in [1.54, 1.807) is 13.3 Å². The van der Waals surface area contributed by atoms with Crippen molar-refractivity contribution in [1.29, 1.82) is 0 Å². The van der Waals surface area contributed by atoms with Crippen molar-refractivity contribution in [2.75, 3.05) is 13.7 Å². The molecule has 0 saturated carbocycles. The van der Waals surface area contributed by atoms with Crippen LogP contribution in [0.3, 0.4) is 0 Å². The molecule has 1 unspecified atom stereocenters. The van der Waals surface area contributed by atoms with Crippen molar-refractivity contribution in [1.82, 2.24) is 10.2 Å². The first kappa shape index (κ1) is 11.5. The number of aromatic nitrogens is 2. The number of hydrogen-bond donors (Lipinski definition) is 1. The number of nitrogens with two attached hydrogens (primary N) is 1. The van der Waals surface area contributed by atoms with Gasteiger partial charge in [0.25, 0.3) is 0 Å². The van der Waals surface area contributed by atoms with Gasteiger partial charge in [0.05, 0.1) is 12.8 Å². The molecule has 0 amide bonds. The molecular weight excluding hydrogens is 214 g/mol. The van der Waals surface area contributed by atoms with Gasteiger partial charge in [-0.2, -0.15) is 10.2 Å². The van der Waals surface area contributed by atoms with Crippen LogP contribution in [-0.2, 0) is 0 Å². The van der Waals surface area contributed by atoms with E-state index >= 15 is 0 Å². The highest BCUT2D eigenvalue weighted by Crippen LogP contribution is 2.29. The summed E-state index contributed by atoms with van der Waals surface area (Å²) in [5.74, 6) is 0.841. The van der Waals surface area contributed by atoms with E-state index in [1.807, 2.05) is 36.4 Å². The molecule has 4 heteroatoms. The van der Waals surface area contributed by atoms with E-state index < -0.39 is 0 Å². The normalized spacial score (nSPS) is 12.1. The van der Waals surface area contributed by atoms with Crippen molar-refractivity contribution in [3.63, 3.8) is 0 Å². The van der Waals surface area contributed by atoms with Gasteiger partial charge in [-0.1, -0.05) is 18.2 Å². The number of para-hydroxylation sites is 1. The van der Waals surface area contributed by atoms with Crippen LogP contribution in [-0.4, -0.2) is 23.9 Å². The predicted octanol–water partition coefficient (Wildman–Crippen LogP) is 1.58. The fourth-order valence-electron chi connectivity index (χ4n) is 1.86. The van der Waals surface area contributed by atoms with Crippen LogP contribution in [0.15, 0.2) is 42.6 Å². The lowest BCUT2D eigenvalue weighted by Gasteiger charge is -2.16. The van der Waals surface area contributed by atoms with Crippen molar-refractivity contribution < 1.29 is 4.74 Å². The molecule has 2 aromatic rings. The van der Waals surface area contributed by atoms with E-state index in [1.165, 1.54) is 0 Å². The lowest BCUT2D eigenvalue weighted by Crippen LogP contribution is -2.16. The van der Waals surface area contributed by atoms with Crippen molar-refractivity contribution in [2.45, 2.75) is 5.92 Å². The van der Waals surface area contributed by atoms with E-state index in [9.17, 15) is 0 Å². The Kier molecular flexibility index (Phi) is 3.67. The van der Waals surface area contributed by atoms with Crippen LogP contribution in [0, 0.1) is 0 Å². The molecule has 0 spiro atoms. The first-order valence-electron chi connectivity index (χ1n) is 5.47. The lowest BCUT2D eigenvalue weighted by atomic mass is 9.95. The maximum atomic E-state index is 5.84. The summed E-state index contributed by atoms with van der Waals surface area (Å²) >= 11 is 0. The maximum absolute atomic E-state index is 5.84. The number of nitrogens with zero attached hydrogens (tertiary/aromatic N) is 2. The molecule has 1 aromatic heterocycles. The molecule has 0 aliphatic rings. The zero-order chi connectivity index (χ0) is 12.1. The first-order valence-corrected chi connectivity index (χ1v) is 5.47. The fourth-order valence-corrected chi connectivity index (χ4v) is 1.86. The van der Waals surface area contributed by atoms with Crippen molar-refractivity contribution in [3.05, 3.63) is 53.9 Å². The van der Waals surface area contributed by atoms with E-state index in [4.69, 9.17) is 10.5 Å². The second-order valence-corrected chi connectivity index (χ2v) is 3.68. The van der Waals surface area contributed by atoms with Crippen LogP contribution < -0.4 is 10.5 Å². The van der Waals surface area contributed by atoms with E-state index in [2.05, 4.69) is 10.2 Å². The van der Waals surface area contributed by atoms with Gasteiger partial charge >= 0.3 is 0 Å². The first-order chi connectivity index (χ1) is 8.36. The number of hydrogen-bond acceptors (Lipinski definition) is 4. The van der Waals surface area contributed by atoms with Crippen molar-refractivity contribution in [2.24, 2.45) is 5.73 Å². The Balaban J connectivity index is 2.42. The molecule has 0 aliphatic heterocycles. The quantitative estimate of drug-likeness (QED) is 0.864. The Hall–Kier alpha value is -1.94. The van der Waals surface area contributed by atoms with Gasteiger partial charge < -0.3 is 10.5 Å². The molecule has 0 aliphatic carbocycles. The molecule has 0 fully saturated rings. The Morgan fingerprint density at radius 2 is 2.06 bits per heavy atom. The zero-order valence-corrected chi connectivity index (χ0v) is 9.71. The molecule has 0 saturated heterocycles. The minimum atomic E-state index is 0.0137. The van der Waals surface area contributed by atoms with Gasteiger partial charge in [-0.25, -0.2) is 0 Å². The average molecular weight is 229 g/mol. The van der Waals surface area contributed by atoms with Gasteiger partial charge in [0.15, 0.2) is 0 Å². The summed E-state index contributed by atoms with van der Waals surface area (Å²) in [6, 6.07) is 11.6. The molecule has 0 bridgehead atoms. The summed E-state index contributed by atoms with van der Waals surface area (Å²) in [5, 5.41) is 8.00. The Morgan fingerprint density at radius 1 is 1.24 bits per heavy atom. The molecule has 0 radical (unpaired) electrons. The number of benzene rings is 1. The highest BCUT2D eigenvalue weighted by molar-refractivity contribution is 5.40. The Bertz CT molecular complexity index is 473. The second-order valence-electron chi connectivity index (χ2n) is 3.68. The van der Waals surface area contributed by atoms with Crippen LogP contribution in [0.25, 0.3) is 0 Å². The molecule has 2 N–H and O–H groups in total. The van der Waals surface area contributed by atoms with Crippen LogP contribution in [0.5, 0.6) is 5.75 Å². The molecule has 88 valence electrons. The van der Waals surface area contributed by atoms with Crippen LogP contribution in [0.4, 0.5) is 0 Å². The third-order valence-electron chi connectivity index (χ3n) is 2.70. The van der Waals surface area contributed by atoms with Gasteiger partial charge in [-0.05, 0) is 18.2 Å². The summed E-state index contributed by atoms with van der Waals surface area (Å²) in [6.45, 7) is 0.471. The minimum absolute atomic E-state index is 0.0137. The van der Waals surface area contributed by atoms with Gasteiger partial charge in [-0.3, -0.25) is 0 Å². The number of methoxy groups -OCH3 is 1. The summed E-state index contributed by atoms with van der Waals surface area (Å²) in [6.07, 6.45) is 1.65. The van der Waals surface area contributed by atoms with Gasteiger partial charge in [-0.15, -0.1) is 0 Å². The van der Waals surface area contributed by atoms with E-state index in [0.29, 0.717) is 6.54 Å². The van der Waals surface area contributed by atoms with Crippen LogP contribution in [0.2, 0.25) is 0 Å². The third-order valence-corrected chi connectivity index (χ3v) is 2.70. The SMILES string of the molecule is COc1ccccc1C(CN)c1cccnn1. The summed E-state index contributed by atoms with van der Waals surface area (Å²) in [7, 11) is 1.66. The molecule has 1 heterocycles. The van der Waals surface area contributed by atoms with Gasteiger partial charge in [0, 0.05) is 24.2 Å². The standard InChI is InChI=1S/C13H15N3O/c1-17-13-7-3-2-5-10(13)11(9-14)12-6-4-8-15-16-12/h2-8,11H,9,14H2,1H3. The van der Waals surface area contributed by atoms with E-state index in [0.717, 1.165) is 17.0 Å². The summed E-state index contributed by atoms with van der Waals surface area (Å²) in [4.78, 5) is 0. The molecule has 17 heavy (non-hydrogen) atoms. The lowest BCUT2D eigenvalue weighted by molar-refractivity contribution is 0.407. The predicted molar refractivity (Wildman–Crippen MR) is 65.9 cm³/mol.